The zero-order valence-corrected chi connectivity index (χ0v) is 33.1. The number of rotatable bonds is 20. The van der Waals surface area contributed by atoms with Crippen LogP contribution < -0.4 is 37.3 Å². The number of ether oxygens (including phenoxy) is 3. The van der Waals surface area contributed by atoms with Crippen molar-refractivity contribution in [3.05, 3.63) is 137 Å². The number of hydrogen-bond acceptors (Lipinski definition) is 11. The van der Waals surface area contributed by atoms with Gasteiger partial charge in [-0.25, -0.2) is 10.2 Å². The Morgan fingerprint density at radius 3 is 1.85 bits per heavy atom. The molecule has 0 bridgehead atoms. The third-order valence-corrected chi connectivity index (χ3v) is 8.75. The Kier molecular flexibility index (Phi) is 17.6. The number of carbonyl (C=O) groups is 7. The first-order valence-electron chi connectivity index (χ1n) is 18.9. The van der Waals surface area contributed by atoms with Gasteiger partial charge in [0.15, 0.2) is 0 Å². The van der Waals surface area contributed by atoms with E-state index in [4.69, 9.17) is 25.1 Å². The summed E-state index contributed by atoms with van der Waals surface area (Å²) in [5, 5.41) is 16.4. The highest BCUT2D eigenvalue weighted by molar-refractivity contribution is 5.95. The van der Waals surface area contributed by atoms with E-state index < -0.39 is 78.9 Å². The fourth-order valence-electron chi connectivity index (χ4n) is 5.66. The van der Waals surface area contributed by atoms with Gasteiger partial charge in [-0.2, -0.15) is 0 Å². The molecule has 0 aliphatic carbocycles. The number of carboxylic acids is 1. The van der Waals surface area contributed by atoms with Crippen LogP contribution in [0.15, 0.2) is 109 Å². The zero-order chi connectivity index (χ0) is 43.4. The van der Waals surface area contributed by atoms with Gasteiger partial charge in [0, 0.05) is 13.3 Å². The third kappa shape index (κ3) is 15.9. The quantitative estimate of drug-likeness (QED) is 0.0501. The van der Waals surface area contributed by atoms with Crippen LogP contribution in [-0.4, -0.2) is 77.5 Å². The second kappa shape index (κ2) is 23.2. The average molecular weight is 825 g/mol. The molecule has 0 radical (unpaired) electrons. The molecule has 8 N–H and O–H groups in total. The highest BCUT2D eigenvalue weighted by atomic mass is 16.6. The molecule has 17 heteroatoms. The van der Waals surface area contributed by atoms with E-state index >= 15 is 0 Å². The Balaban J connectivity index is 1.38. The lowest BCUT2D eigenvalue weighted by atomic mass is 10.0. The van der Waals surface area contributed by atoms with Crippen LogP contribution in [0.25, 0.3) is 0 Å². The molecule has 5 amide bonds. The number of nitrogens with two attached hydrogens (primary N) is 1. The van der Waals surface area contributed by atoms with Crippen LogP contribution in [0.1, 0.15) is 48.1 Å². The minimum atomic E-state index is -1.59. The highest BCUT2D eigenvalue weighted by Gasteiger charge is 2.33. The van der Waals surface area contributed by atoms with Crippen LogP contribution >= 0.6 is 0 Å². The average Bonchev–Trinajstić information content (AvgIpc) is 3.23. The summed E-state index contributed by atoms with van der Waals surface area (Å²) in [7, 11) is 0. The molecule has 316 valence electrons. The van der Waals surface area contributed by atoms with Crippen molar-refractivity contribution in [2.75, 3.05) is 6.54 Å². The lowest BCUT2D eigenvalue weighted by molar-refractivity contribution is -0.150. The van der Waals surface area contributed by atoms with Crippen LogP contribution in [0.5, 0.6) is 5.75 Å². The topological polar surface area (TPSA) is 254 Å². The van der Waals surface area contributed by atoms with Crippen molar-refractivity contribution in [1.29, 1.82) is 0 Å². The number of carbonyl (C=O) groups excluding carboxylic acids is 6. The van der Waals surface area contributed by atoms with Crippen LogP contribution in [0.3, 0.4) is 0 Å². The monoisotopic (exact) mass is 824 g/mol. The van der Waals surface area contributed by atoms with Gasteiger partial charge in [-0.15, -0.1) is 0 Å². The van der Waals surface area contributed by atoms with Gasteiger partial charge >= 0.3 is 18.0 Å². The molecule has 60 heavy (non-hydrogen) atoms. The van der Waals surface area contributed by atoms with E-state index in [1.54, 1.807) is 54.6 Å². The molecule has 0 spiro atoms. The van der Waals surface area contributed by atoms with Gasteiger partial charge in [-0.3, -0.25) is 34.2 Å². The molecule has 4 atom stereocenters. The Bertz CT molecular complexity index is 2070. The van der Waals surface area contributed by atoms with E-state index in [0.29, 0.717) is 16.9 Å². The molecule has 4 aromatic carbocycles. The van der Waals surface area contributed by atoms with Gasteiger partial charge in [0.2, 0.25) is 17.7 Å². The standard InChI is InChI=1S/C43H48N6O11/c1-27(60-28(2)50)39(42(56)45-24-37(51)48-49-43(57)59-26-32-11-7-4-8-12-32)47-41(55)36(46-40(54)35(44)23-38(52)53)22-31-17-19-34(20-18-31)58-25-33-15-13-30(14-16-33)21-29-9-5-3-6-10-29/h3-20,27,35-36,39H,21-26,44H2,1-2H3,(H,45,56)(H,46,54)(H,47,55)(H,48,51)(H,49,57)(H,52,53)/t27-,35+,36+,39+/m1/s1. The van der Waals surface area contributed by atoms with E-state index in [9.17, 15) is 33.6 Å². The fraction of sp³-hybridized carbons (Fsp3) is 0.279. The maximum Gasteiger partial charge on any atom is 0.426 e. The molecular weight excluding hydrogens is 777 g/mol. The van der Waals surface area contributed by atoms with Crippen LogP contribution in [0.4, 0.5) is 4.79 Å². The van der Waals surface area contributed by atoms with E-state index in [0.717, 1.165) is 24.5 Å². The van der Waals surface area contributed by atoms with E-state index in [2.05, 4.69) is 33.5 Å². The van der Waals surface area contributed by atoms with Crippen LogP contribution in [0.2, 0.25) is 0 Å². The molecule has 0 aliphatic rings. The van der Waals surface area contributed by atoms with Crippen molar-refractivity contribution >= 4 is 41.7 Å². The molecule has 0 aromatic heterocycles. The van der Waals surface area contributed by atoms with Crippen molar-refractivity contribution in [2.24, 2.45) is 5.73 Å². The van der Waals surface area contributed by atoms with Crippen molar-refractivity contribution in [3.63, 3.8) is 0 Å². The first-order chi connectivity index (χ1) is 28.7. The number of esters is 1. The summed E-state index contributed by atoms with van der Waals surface area (Å²) >= 11 is 0. The van der Waals surface area contributed by atoms with E-state index in [1.807, 2.05) is 47.9 Å². The maximum atomic E-state index is 13.8. The summed E-state index contributed by atoms with van der Waals surface area (Å²) in [5.41, 5.74) is 14.5. The molecule has 0 heterocycles. The first-order valence-corrected chi connectivity index (χ1v) is 18.9. The number of nitrogens with one attached hydrogen (secondary N) is 5. The predicted molar refractivity (Wildman–Crippen MR) is 216 cm³/mol. The van der Waals surface area contributed by atoms with Crippen LogP contribution in [0, 0.1) is 0 Å². The maximum absolute atomic E-state index is 13.8. The minimum absolute atomic E-state index is 0.0623. The lowest BCUT2D eigenvalue weighted by Crippen LogP contribution is -2.60. The summed E-state index contributed by atoms with van der Waals surface area (Å²) in [5.74, 6) is -5.30. The Morgan fingerprint density at radius 1 is 0.667 bits per heavy atom. The van der Waals surface area contributed by atoms with Crippen molar-refractivity contribution in [1.82, 2.24) is 26.8 Å². The van der Waals surface area contributed by atoms with Gasteiger partial charge in [-0.1, -0.05) is 97.1 Å². The molecule has 17 nitrogen and oxygen atoms in total. The number of benzene rings is 4. The lowest BCUT2D eigenvalue weighted by Gasteiger charge is -2.27. The molecule has 0 aliphatic heterocycles. The second-order valence-electron chi connectivity index (χ2n) is 13.6. The number of carboxylic acid groups (broad SMARTS) is 1. The highest BCUT2D eigenvalue weighted by Crippen LogP contribution is 2.17. The largest absolute Gasteiger partial charge is 0.489 e. The molecular formula is C43H48N6O11. The number of amides is 5. The summed E-state index contributed by atoms with van der Waals surface area (Å²) < 4.78 is 16.1. The van der Waals surface area contributed by atoms with Crippen molar-refractivity contribution in [3.8, 4) is 5.75 Å². The second-order valence-corrected chi connectivity index (χ2v) is 13.6. The molecule has 0 unspecified atom stereocenters. The molecule has 0 saturated carbocycles. The number of hydrazine groups is 1. The normalized spacial score (nSPS) is 12.6. The van der Waals surface area contributed by atoms with Gasteiger partial charge < -0.3 is 41.0 Å². The first kappa shape index (κ1) is 45.4. The Morgan fingerprint density at radius 2 is 1.23 bits per heavy atom. The smallest absolute Gasteiger partial charge is 0.426 e. The zero-order valence-electron chi connectivity index (χ0n) is 33.1. The van der Waals surface area contributed by atoms with E-state index in [-0.39, 0.29) is 19.6 Å². The summed E-state index contributed by atoms with van der Waals surface area (Å²) in [6.45, 7) is 1.95. The van der Waals surface area contributed by atoms with Crippen molar-refractivity contribution < 1.29 is 52.9 Å². The molecule has 0 fully saturated rings. The van der Waals surface area contributed by atoms with Gasteiger partial charge in [0.1, 0.15) is 37.2 Å². The Hall–Kier alpha value is -7.27. The van der Waals surface area contributed by atoms with E-state index in [1.165, 1.54) is 12.5 Å². The Labute approximate surface area is 346 Å². The number of aliphatic carboxylic acids is 1. The molecule has 0 saturated heterocycles. The third-order valence-electron chi connectivity index (χ3n) is 8.75. The predicted octanol–water partition coefficient (Wildman–Crippen LogP) is 2.20. The molecule has 4 rings (SSSR count). The van der Waals surface area contributed by atoms with Crippen LogP contribution in [-0.2, 0) is 64.3 Å². The summed E-state index contributed by atoms with van der Waals surface area (Å²) in [6, 6.07) is 29.1. The number of hydrogen-bond donors (Lipinski definition) is 7. The summed E-state index contributed by atoms with van der Waals surface area (Å²) in [4.78, 5) is 87.5. The van der Waals surface area contributed by atoms with Gasteiger partial charge in [0.25, 0.3) is 5.91 Å². The van der Waals surface area contributed by atoms with Gasteiger partial charge in [-0.05, 0) is 53.3 Å². The van der Waals surface area contributed by atoms with Crippen molar-refractivity contribution in [2.45, 2.75) is 70.6 Å². The fourth-order valence-corrected chi connectivity index (χ4v) is 5.66. The minimum Gasteiger partial charge on any atom is -0.489 e. The SMILES string of the molecule is CC(=O)O[C@H](C)[C@H](NC(=O)[C@H](Cc1ccc(OCc2ccc(Cc3ccccc3)cc2)cc1)NC(=O)[C@@H](N)CC(=O)O)C(=O)NCC(=O)NNC(=O)OCc1ccccc1. The summed E-state index contributed by atoms with van der Waals surface area (Å²) in [6.07, 6.45) is -2.31. The molecule has 4 aromatic rings. The van der Waals surface area contributed by atoms with Gasteiger partial charge in [0.05, 0.1) is 19.0 Å².